The molecule has 0 spiro atoms. The first-order valence-electron chi connectivity index (χ1n) is 6.06. The Balaban J connectivity index is 2.13. The predicted molar refractivity (Wildman–Crippen MR) is 78.4 cm³/mol. The van der Waals surface area contributed by atoms with E-state index in [0.29, 0.717) is 0 Å². The van der Waals surface area contributed by atoms with E-state index in [1.807, 2.05) is 32.0 Å². The van der Waals surface area contributed by atoms with Gasteiger partial charge in [-0.25, -0.2) is 4.39 Å². The smallest absolute Gasteiger partial charge is 0.274 e. The van der Waals surface area contributed by atoms with Gasteiger partial charge in [0.05, 0.1) is 16.3 Å². The van der Waals surface area contributed by atoms with E-state index in [2.05, 4.69) is 10.9 Å². The Morgan fingerprint density at radius 3 is 2.60 bits per heavy atom. The average Bonchev–Trinajstić information content (AvgIpc) is 2.37. The van der Waals surface area contributed by atoms with E-state index in [1.165, 1.54) is 18.2 Å². The number of amides is 1. The van der Waals surface area contributed by atoms with E-state index in [0.717, 1.165) is 16.8 Å². The lowest BCUT2D eigenvalue weighted by molar-refractivity contribution is 0.0959. The van der Waals surface area contributed by atoms with Crippen molar-refractivity contribution in [1.82, 2.24) is 5.43 Å². The van der Waals surface area contributed by atoms with Gasteiger partial charge in [-0.3, -0.25) is 15.6 Å². The maximum Gasteiger partial charge on any atom is 0.274 e. The van der Waals surface area contributed by atoms with Crippen LogP contribution in [0.15, 0.2) is 36.4 Å². The SMILES string of the molecule is Cc1ccc(NNC(=O)c2c(F)cccc2Cl)c(C)c1. The molecule has 0 aromatic heterocycles. The molecule has 0 aliphatic heterocycles. The second-order valence-electron chi connectivity index (χ2n) is 4.49. The fourth-order valence-electron chi connectivity index (χ4n) is 1.86. The Labute approximate surface area is 121 Å². The first kappa shape index (κ1) is 14.3. The Bertz CT molecular complexity index is 638. The zero-order valence-corrected chi connectivity index (χ0v) is 11.9. The highest BCUT2D eigenvalue weighted by Crippen LogP contribution is 2.19. The van der Waals surface area contributed by atoms with Gasteiger partial charge >= 0.3 is 0 Å². The highest BCUT2D eigenvalue weighted by atomic mass is 35.5. The molecule has 3 nitrogen and oxygen atoms in total. The molecule has 0 radical (unpaired) electrons. The number of rotatable bonds is 3. The number of hydrogen-bond acceptors (Lipinski definition) is 2. The highest BCUT2D eigenvalue weighted by molar-refractivity contribution is 6.33. The summed E-state index contributed by atoms with van der Waals surface area (Å²) in [6.07, 6.45) is 0. The number of carbonyl (C=O) groups excluding carboxylic acids is 1. The number of halogens is 2. The minimum atomic E-state index is -0.655. The third kappa shape index (κ3) is 3.08. The van der Waals surface area contributed by atoms with Crippen molar-refractivity contribution in [2.45, 2.75) is 13.8 Å². The van der Waals surface area contributed by atoms with Crippen molar-refractivity contribution in [2.75, 3.05) is 5.43 Å². The van der Waals surface area contributed by atoms with Crippen LogP contribution in [-0.4, -0.2) is 5.91 Å². The number of carbonyl (C=O) groups is 1. The quantitative estimate of drug-likeness (QED) is 0.844. The first-order chi connectivity index (χ1) is 9.49. The summed E-state index contributed by atoms with van der Waals surface area (Å²) in [4.78, 5) is 11.9. The van der Waals surface area contributed by atoms with Crippen LogP contribution in [0.2, 0.25) is 5.02 Å². The van der Waals surface area contributed by atoms with Gasteiger partial charge in [-0.2, -0.15) is 0 Å². The molecule has 2 aromatic carbocycles. The van der Waals surface area contributed by atoms with Crippen LogP contribution >= 0.6 is 11.6 Å². The number of hydrogen-bond donors (Lipinski definition) is 2. The molecule has 2 N–H and O–H groups in total. The van der Waals surface area contributed by atoms with E-state index >= 15 is 0 Å². The van der Waals surface area contributed by atoms with Gasteiger partial charge in [0, 0.05) is 0 Å². The lowest BCUT2D eigenvalue weighted by Crippen LogP contribution is -2.30. The van der Waals surface area contributed by atoms with Crippen molar-refractivity contribution >= 4 is 23.2 Å². The van der Waals surface area contributed by atoms with Gasteiger partial charge in [0.25, 0.3) is 5.91 Å². The van der Waals surface area contributed by atoms with Gasteiger partial charge < -0.3 is 0 Å². The second-order valence-corrected chi connectivity index (χ2v) is 4.90. The first-order valence-corrected chi connectivity index (χ1v) is 6.44. The standard InChI is InChI=1S/C15H14ClFN2O/c1-9-6-7-13(10(2)8-9)18-19-15(20)14-11(16)4-3-5-12(14)17/h3-8,18H,1-2H3,(H,19,20). The number of nitrogens with one attached hydrogen (secondary N) is 2. The summed E-state index contributed by atoms with van der Waals surface area (Å²) in [7, 11) is 0. The van der Waals surface area contributed by atoms with Crippen molar-refractivity contribution in [2.24, 2.45) is 0 Å². The van der Waals surface area contributed by atoms with E-state index in [-0.39, 0.29) is 10.6 Å². The molecule has 0 heterocycles. The minimum absolute atomic E-state index is 0.0740. The van der Waals surface area contributed by atoms with Gasteiger partial charge in [0.15, 0.2) is 0 Å². The van der Waals surface area contributed by atoms with Crippen LogP contribution in [0.4, 0.5) is 10.1 Å². The lowest BCUT2D eigenvalue weighted by Gasteiger charge is -2.12. The maximum atomic E-state index is 13.6. The molecule has 0 unspecified atom stereocenters. The summed E-state index contributed by atoms with van der Waals surface area (Å²) in [5, 5.41) is 0.0740. The summed E-state index contributed by atoms with van der Waals surface area (Å²) in [6.45, 7) is 3.89. The Hall–Kier alpha value is -2.07. The molecule has 0 saturated carbocycles. The van der Waals surface area contributed by atoms with Crippen LogP contribution in [0.5, 0.6) is 0 Å². The van der Waals surface area contributed by atoms with Crippen LogP contribution in [-0.2, 0) is 0 Å². The molecule has 0 bridgehead atoms. The van der Waals surface area contributed by atoms with Crippen molar-refractivity contribution in [3.8, 4) is 0 Å². The molecule has 5 heteroatoms. The normalized spacial score (nSPS) is 10.2. The van der Waals surface area contributed by atoms with Crippen LogP contribution in [0.3, 0.4) is 0 Å². The Kier molecular flexibility index (Phi) is 4.25. The number of hydrazine groups is 1. The molecule has 0 fully saturated rings. The van der Waals surface area contributed by atoms with Gasteiger partial charge in [0.2, 0.25) is 0 Å². The zero-order chi connectivity index (χ0) is 14.7. The van der Waals surface area contributed by atoms with Gasteiger partial charge in [-0.1, -0.05) is 35.4 Å². The maximum absolute atomic E-state index is 13.6. The molecule has 0 aliphatic carbocycles. The molecule has 0 atom stereocenters. The molecule has 2 rings (SSSR count). The molecule has 104 valence electrons. The van der Waals surface area contributed by atoms with E-state index < -0.39 is 11.7 Å². The summed E-state index contributed by atoms with van der Waals surface area (Å²) in [5.41, 5.74) is 7.88. The van der Waals surface area contributed by atoms with E-state index in [1.54, 1.807) is 0 Å². The largest absolute Gasteiger partial charge is 0.298 e. The number of benzene rings is 2. The van der Waals surface area contributed by atoms with Crippen molar-refractivity contribution in [1.29, 1.82) is 0 Å². The van der Waals surface area contributed by atoms with Crippen molar-refractivity contribution < 1.29 is 9.18 Å². The molecular weight excluding hydrogens is 279 g/mol. The summed E-state index contributed by atoms with van der Waals surface area (Å²) < 4.78 is 13.6. The van der Waals surface area contributed by atoms with Crippen LogP contribution in [0.1, 0.15) is 21.5 Å². The fraction of sp³-hybridized carbons (Fsp3) is 0.133. The topological polar surface area (TPSA) is 41.1 Å². The van der Waals surface area contributed by atoms with Gasteiger partial charge in [0.1, 0.15) is 5.82 Å². The molecule has 2 aromatic rings. The predicted octanol–water partition coefficient (Wildman–Crippen LogP) is 3.85. The van der Waals surface area contributed by atoms with Crippen LogP contribution < -0.4 is 10.9 Å². The highest BCUT2D eigenvalue weighted by Gasteiger charge is 2.15. The molecule has 1 amide bonds. The van der Waals surface area contributed by atoms with Crippen LogP contribution in [0.25, 0.3) is 0 Å². The summed E-state index contributed by atoms with van der Waals surface area (Å²) in [5.74, 6) is -1.27. The fourth-order valence-corrected chi connectivity index (χ4v) is 2.10. The number of anilines is 1. The molecular formula is C15H14ClFN2O. The van der Waals surface area contributed by atoms with E-state index in [4.69, 9.17) is 11.6 Å². The van der Waals surface area contributed by atoms with Crippen LogP contribution in [0, 0.1) is 19.7 Å². The number of aryl methyl sites for hydroxylation is 2. The summed E-state index contributed by atoms with van der Waals surface area (Å²) in [6, 6.07) is 9.84. The third-order valence-corrected chi connectivity index (χ3v) is 3.20. The summed E-state index contributed by atoms with van der Waals surface area (Å²) >= 11 is 5.83. The van der Waals surface area contributed by atoms with Gasteiger partial charge in [-0.15, -0.1) is 0 Å². The zero-order valence-electron chi connectivity index (χ0n) is 11.1. The minimum Gasteiger partial charge on any atom is -0.298 e. The van der Waals surface area contributed by atoms with E-state index in [9.17, 15) is 9.18 Å². The van der Waals surface area contributed by atoms with Gasteiger partial charge in [-0.05, 0) is 37.6 Å². The second kappa shape index (κ2) is 5.92. The molecule has 0 aliphatic rings. The molecule has 20 heavy (non-hydrogen) atoms. The Morgan fingerprint density at radius 1 is 1.20 bits per heavy atom. The van der Waals surface area contributed by atoms with Crippen molar-refractivity contribution in [3.63, 3.8) is 0 Å². The monoisotopic (exact) mass is 292 g/mol. The molecule has 0 saturated heterocycles. The Morgan fingerprint density at radius 2 is 1.95 bits per heavy atom. The van der Waals surface area contributed by atoms with Crippen molar-refractivity contribution in [3.05, 3.63) is 63.9 Å². The lowest BCUT2D eigenvalue weighted by atomic mass is 10.1. The third-order valence-electron chi connectivity index (χ3n) is 2.88. The average molecular weight is 293 g/mol.